The molecule has 9 heteroatoms. The summed E-state index contributed by atoms with van der Waals surface area (Å²) in [6.45, 7) is 0.594. The summed E-state index contributed by atoms with van der Waals surface area (Å²) in [6.07, 6.45) is 1.39. The van der Waals surface area contributed by atoms with Crippen LogP contribution in [0.1, 0.15) is 24.0 Å². The fourth-order valence-corrected chi connectivity index (χ4v) is 5.40. The normalized spacial score (nSPS) is 14.9. The van der Waals surface area contributed by atoms with Crippen molar-refractivity contribution in [2.75, 3.05) is 36.7 Å². The highest BCUT2D eigenvalue weighted by Crippen LogP contribution is 2.38. The van der Waals surface area contributed by atoms with Gasteiger partial charge in [-0.05, 0) is 48.2 Å². The third-order valence-corrected chi connectivity index (χ3v) is 7.36. The molecule has 0 saturated heterocycles. The Kier molecular flexibility index (Phi) is 5.62. The topological polar surface area (TPSA) is 102 Å². The number of anilines is 2. The molecule has 31 heavy (non-hydrogen) atoms. The van der Waals surface area contributed by atoms with Crippen molar-refractivity contribution in [1.82, 2.24) is 0 Å². The van der Waals surface area contributed by atoms with Crippen molar-refractivity contribution < 1.29 is 27.5 Å². The van der Waals surface area contributed by atoms with Gasteiger partial charge in [-0.25, -0.2) is 8.42 Å². The number of carbonyl (C=O) groups is 2. The molecule has 0 spiro atoms. The van der Waals surface area contributed by atoms with E-state index < -0.39 is 15.7 Å². The van der Waals surface area contributed by atoms with E-state index in [9.17, 15) is 18.0 Å². The summed E-state index contributed by atoms with van der Waals surface area (Å²) in [4.78, 5) is 26.4. The molecule has 0 radical (unpaired) electrons. The number of nitrogens with zero attached hydrogens (tertiary/aromatic N) is 1. The van der Waals surface area contributed by atoms with Crippen LogP contribution in [0.15, 0.2) is 35.2 Å². The average molecular weight is 445 g/mol. The standard InChI is InChI=1S/C22H24N2O6S/c1-29-16-4-5-18(19(13-16)30-2)23-20(25)8-10-31(27,28)17-11-14-3-6-21(26)24-9-7-15(12-17)22(14)24/h4-5,11-13H,3,6-10H2,1-2H3,(H,23,25). The van der Waals surface area contributed by atoms with Gasteiger partial charge in [-0.2, -0.15) is 0 Å². The van der Waals surface area contributed by atoms with Crippen molar-refractivity contribution in [1.29, 1.82) is 0 Å². The fraction of sp³-hybridized carbons (Fsp3) is 0.364. The Hall–Kier alpha value is -3.07. The van der Waals surface area contributed by atoms with Gasteiger partial charge in [-0.3, -0.25) is 9.59 Å². The molecule has 0 fully saturated rings. The van der Waals surface area contributed by atoms with Crippen LogP contribution in [0, 0.1) is 0 Å². The highest BCUT2D eigenvalue weighted by Gasteiger charge is 2.33. The number of benzene rings is 2. The molecule has 0 unspecified atom stereocenters. The first-order valence-electron chi connectivity index (χ1n) is 10.0. The van der Waals surface area contributed by atoms with Crippen molar-refractivity contribution in [3.05, 3.63) is 41.5 Å². The Bertz CT molecular complexity index is 1160. The maximum Gasteiger partial charge on any atom is 0.227 e. The van der Waals surface area contributed by atoms with Crippen LogP contribution >= 0.6 is 0 Å². The first kappa shape index (κ1) is 21.2. The molecule has 164 valence electrons. The highest BCUT2D eigenvalue weighted by atomic mass is 32.2. The van der Waals surface area contributed by atoms with E-state index in [4.69, 9.17) is 9.47 Å². The maximum atomic E-state index is 12.9. The van der Waals surface area contributed by atoms with Crippen LogP contribution < -0.4 is 19.7 Å². The van der Waals surface area contributed by atoms with Crippen molar-refractivity contribution in [3.8, 4) is 11.5 Å². The zero-order valence-electron chi connectivity index (χ0n) is 17.4. The van der Waals surface area contributed by atoms with Crippen molar-refractivity contribution >= 4 is 33.0 Å². The van der Waals surface area contributed by atoms with E-state index in [2.05, 4.69) is 5.32 Å². The summed E-state index contributed by atoms with van der Waals surface area (Å²) < 4.78 is 36.2. The van der Waals surface area contributed by atoms with Gasteiger partial charge in [0.2, 0.25) is 11.8 Å². The fourth-order valence-electron chi connectivity index (χ4n) is 4.06. The van der Waals surface area contributed by atoms with E-state index in [0.717, 1.165) is 16.8 Å². The van der Waals surface area contributed by atoms with E-state index in [1.165, 1.54) is 14.2 Å². The van der Waals surface area contributed by atoms with Crippen molar-refractivity contribution in [2.24, 2.45) is 0 Å². The van der Waals surface area contributed by atoms with Crippen LogP contribution in [0.5, 0.6) is 11.5 Å². The molecule has 2 amide bonds. The minimum Gasteiger partial charge on any atom is -0.497 e. The first-order valence-corrected chi connectivity index (χ1v) is 11.7. The van der Waals surface area contributed by atoms with Gasteiger partial charge in [0.05, 0.1) is 36.2 Å². The van der Waals surface area contributed by atoms with Gasteiger partial charge >= 0.3 is 0 Å². The van der Waals surface area contributed by atoms with E-state index in [1.54, 1.807) is 35.2 Å². The second-order valence-electron chi connectivity index (χ2n) is 7.57. The lowest BCUT2D eigenvalue weighted by molar-refractivity contribution is -0.119. The first-order chi connectivity index (χ1) is 14.8. The summed E-state index contributed by atoms with van der Waals surface area (Å²) in [7, 11) is -0.646. The summed E-state index contributed by atoms with van der Waals surface area (Å²) in [6, 6.07) is 8.26. The van der Waals surface area contributed by atoms with Crippen LogP contribution in [0.3, 0.4) is 0 Å². The van der Waals surface area contributed by atoms with Gasteiger partial charge in [-0.15, -0.1) is 0 Å². The maximum absolute atomic E-state index is 12.9. The molecule has 0 atom stereocenters. The Morgan fingerprint density at radius 3 is 2.52 bits per heavy atom. The molecular formula is C22H24N2O6S. The van der Waals surface area contributed by atoms with Crippen LogP contribution in [-0.2, 0) is 32.3 Å². The second-order valence-corrected chi connectivity index (χ2v) is 9.68. The van der Waals surface area contributed by atoms with Crippen molar-refractivity contribution in [2.45, 2.75) is 30.6 Å². The van der Waals surface area contributed by atoms with Crippen LogP contribution in [0.4, 0.5) is 11.4 Å². The zero-order chi connectivity index (χ0) is 22.2. The summed E-state index contributed by atoms with van der Waals surface area (Å²) in [5, 5.41) is 2.69. The lowest BCUT2D eigenvalue weighted by atomic mass is 10.00. The summed E-state index contributed by atoms with van der Waals surface area (Å²) >= 11 is 0. The largest absolute Gasteiger partial charge is 0.497 e. The Balaban J connectivity index is 1.47. The number of ether oxygens (including phenoxy) is 2. The monoisotopic (exact) mass is 444 g/mol. The predicted molar refractivity (Wildman–Crippen MR) is 116 cm³/mol. The lowest BCUT2D eigenvalue weighted by Crippen LogP contribution is -2.32. The quantitative estimate of drug-likeness (QED) is 0.703. The molecule has 4 rings (SSSR count). The van der Waals surface area contributed by atoms with Gasteiger partial charge in [0.1, 0.15) is 11.5 Å². The number of hydrogen-bond acceptors (Lipinski definition) is 6. The van der Waals surface area contributed by atoms with Gasteiger partial charge in [0.25, 0.3) is 0 Å². The number of nitrogens with one attached hydrogen (secondary N) is 1. The molecule has 0 bridgehead atoms. The van der Waals surface area contributed by atoms with E-state index >= 15 is 0 Å². The molecular weight excluding hydrogens is 420 g/mol. The summed E-state index contributed by atoms with van der Waals surface area (Å²) in [5.74, 6) is 0.363. The molecule has 2 aromatic carbocycles. The molecule has 2 heterocycles. The molecule has 8 nitrogen and oxygen atoms in total. The third kappa shape index (κ3) is 4.10. The smallest absolute Gasteiger partial charge is 0.227 e. The number of hydrogen-bond donors (Lipinski definition) is 1. The SMILES string of the molecule is COc1ccc(NC(=O)CCS(=O)(=O)c2cc3c4c(c2)CCN4C(=O)CC3)c(OC)c1. The number of sulfone groups is 1. The van der Waals surface area contributed by atoms with E-state index in [0.29, 0.717) is 43.0 Å². The predicted octanol–water partition coefficient (Wildman–Crippen LogP) is 2.34. The molecule has 0 aliphatic carbocycles. The van der Waals surface area contributed by atoms with Gasteiger partial charge in [0.15, 0.2) is 9.84 Å². The average Bonchev–Trinajstić information content (AvgIpc) is 3.20. The molecule has 2 aliphatic rings. The molecule has 0 saturated carbocycles. The molecule has 2 aromatic rings. The van der Waals surface area contributed by atoms with Gasteiger partial charge in [0, 0.05) is 25.5 Å². The number of methoxy groups -OCH3 is 2. The molecule has 0 aromatic heterocycles. The minimum absolute atomic E-state index is 0.0903. The molecule has 2 aliphatic heterocycles. The third-order valence-electron chi connectivity index (χ3n) is 5.66. The Morgan fingerprint density at radius 1 is 1.06 bits per heavy atom. The number of aryl methyl sites for hydroxylation is 1. The number of rotatable bonds is 7. The lowest BCUT2D eigenvalue weighted by Gasteiger charge is -2.25. The minimum atomic E-state index is -3.65. The van der Waals surface area contributed by atoms with E-state index in [1.807, 2.05) is 0 Å². The van der Waals surface area contributed by atoms with Crippen molar-refractivity contribution in [3.63, 3.8) is 0 Å². The summed E-state index contributed by atoms with van der Waals surface area (Å²) in [5.41, 5.74) is 3.09. The van der Waals surface area contributed by atoms with E-state index in [-0.39, 0.29) is 23.0 Å². The van der Waals surface area contributed by atoms with Gasteiger partial charge < -0.3 is 19.7 Å². The number of carbonyl (C=O) groups excluding carboxylic acids is 2. The molecule has 1 N–H and O–H groups in total. The van der Waals surface area contributed by atoms with Crippen LogP contribution in [0.2, 0.25) is 0 Å². The highest BCUT2D eigenvalue weighted by molar-refractivity contribution is 7.91. The van der Waals surface area contributed by atoms with Gasteiger partial charge in [-0.1, -0.05) is 0 Å². The Morgan fingerprint density at radius 2 is 1.81 bits per heavy atom. The second kappa shape index (κ2) is 8.22. The van der Waals surface area contributed by atoms with Crippen LogP contribution in [-0.4, -0.2) is 46.7 Å². The Labute approximate surface area is 181 Å². The zero-order valence-corrected chi connectivity index (χ0v) is 18.3. The van der Waals surface area contributed by atoms with Crippen LogP contribution in [0.25, 0.3) is 0 Å². The number of amides is 2.